The minimum Gasteiger partial charge on any atom is -0.508 e. The first-order valence-corrected chi connectivity index (χ1v) is 14.3. The maximum Gasteiger partial charge on any atom is 0.319 e. The summed E-state index contributed by atoms with van der Waals surface area (Å²) in [6.45, 7) is 3.94. The fourth-order valence-corrected chi connectivity index (χ4v) is 7.06. The van der Waals surface area contributed by atoms with Crippen LogP contribution in [-0.4, -0.2) is 66.9 Å². The number of aromatic amines is 1. The number of benzene rings is 2. The van der Waals surface area contributed by atoms with Gasteiger partial charge in [-0.3, -0.25) is 15.0 Å². The zero-order valence-electron chi connectivity index (χ0n) is 22.6. The first kappa shape index (κ1) is 24.5. The summed E-state index contributed by atoms with van der Waals surface area (Å²) in [7, 11) is 0. The zero-order valence-corrected chi connectivity index (χ0v) is 22.6. The smallest absolute Gasteiger partial charge is 0.319 e. The number of pyridine rings is 1. The third-order valence-corrected chi connectivity index (χ3v) is 9.13. The molecule has 208 valence electrons. The lowest BCUT2D eigenvalue weighted by Gasteiger charge is -2.32. The van der Waals surface area contributed by atoms with Gasteiger partial charge in [0.1, 0.15) is 29.4 Å². The number of fused-ring (bicyclic) bond motifs is 4. The fraction of sp³-hybridized carbons (Fsp3) is 0.355. The van der Waals surface area contributed by atoms with Crippen LogP contribution in [0.4, 0.5) is 10.2 Å². The molecule has 2 fully saturated rings. The van der Waals surface area contributed by atoms with Gasteiger partial charge in [-0.15, -0.1) is 0 Å². The number of nitrogens with zero attached hydrogens (tertiary/aromatic N) is 6. The maximum atomic E-state index is 16.6. The Kier molecular flexibility index (Phi) is 5.60. The van der Waals surface area contributed by atoms with E-state index < -0.39 is 5.82 Å². The molecule has 8 rings (SSSR count). The molecule has 2 aromatic carbocycles. The van der Waals surface area contributed by atoms with Crippen molar-refractivity contribution in [2.24, 2.45) is 0 Å². The number of hydrogen-bond acceptors (Lipinski definition) is 8. The van der Waals surface area contributed by atoms with E-state index in [1.807, 2.05) is 30.5 Å². The highest BCUT2D eigenvalue weighted by Crippen LogP contribution is 2.40. The average Bonchev–Trinajstić information content (AvgIpc) is 3.71. The van der Waals surface area contributed by atoms with Gasteiger partial charge in [0.15, 0.2) is 5.82 Å². The van der Waals surface area contributed by atoms with Crippen LogP contribution >= 0.6 is 0 Å². The van der Waals surface area contributed by atoms with E-state index in [4.69, 9.17) is 9.72 Å². The van der Waals surface area contributed by atoms with Crippen molar-refractivity contribution in [2.45, 2.75) is 44.2 Å². The Morgan fingerprint density at radius 2 is 1.88 bits per heavy atom. The van der Waals surface area contributed by atoms with Crippen molar-refractivity contribution in [2.75, 3.05) is 31.1 Å². The van der Waals surface area contributed by atoms with E-state index in [-0.39, 0.29) is 28.5 Å². The van der Waals surface area contributed by atoms with Gasteiger partial charge in [-0.25, -0.2) is 4.39 Å². The van der Waals surface area contributed by atoms with Gasteiger partial charge in [-0.2, -0.15) is 15.1 Å². The van der Waals surface area contributed by atoms with Crippen LogP contribution in [0, 0.1) is 5.82 Å². The van der Waals surface area contributed by atoms with Gasteiger partial charge < -0.3 is 14.7 Å². The number of aromatic hydroxyl groups is 1. The second kappa shape index (κ2) is 9.37. The quantitative estimate of drug-likeness (QED) is 0.315. The van der Waals surface area contributed by atoms with Gasteiger partial charge in [-0.1, -0.05) is 24.3 Å². The highest BCUT2D eigenvalue weighted by Gasteiger charge is 2.45. The third kappa shape index (κ3) is 4.00. The van der Waals surface area contributed by atoms with Crippen molar-refractivity contribution >= 4 is 27.5 Å². The van der Waals surface area contributed by atoms with Gasteiger partial charge >= 0.3 is 6.01 Å². The van der Waals surface area contributed by atoms with Crippen LogP contribution in [0.15, 0.2) is 48.8 Å². The molecule has 10 heteroatoms. The van der Waals surface area contributed by atoms with E-state index in [2.05, 4.69) is 30.0 Å². The van der Waals surface area contributed by atoms with Gasteiger partial charge in [0.05, 0.1) is 29.4 Å². The van der Waals surface area contributed by atoms with Gasteiger partial charge in [0.25, 0.3) is 0 Å². The van der Waals surface area contributed by atoms with Crippen LogP contribution in [0.2, 0.25) is 0 Å². The Morgan fingerprint density at radius 1 is 1.02 bits per heavy atom. The summed E-state index contributed by atoms with van der Waals surface area (Å²) in [5.74, 6) is 0.0803. The number of nitrogens with one attached hydrogen (secondary N) is 1. The lowest BCUT2D eigenvalue weighted by molar-refractivity contribution is 0.108. The standard InChI is InChI=1S/C31H30FN7O2/c32-26-27(23-14-21(40)13-19-5-1-2-6-22(19)23)33-16-24-28(26)35-30(41-18-31-8-3-10-39(31)11-4-9-31)36-29(24)38-12-7-20-15-34-37-25(20)17-38/h1-2,5-6,13-16,40H,3-4,7-12,17-18H2,(H,34,37). The molecule has 3 aliphatic rings. The summed E-state index contributed by atoms with van der Waals surface area (Å²) in [6, 6.07) is 11.0. The van der Waals surface area contributed by atoms with Gasteiger partial charge in [0, 0.05) is 18.3 Å². The Balaban J connectivity index is 1.26. The maximum absolute atomic E-state index is 16.6. The number of phenols is 1. The van der Waals surface area contributed by atoms with Crippen LogP contribution in [-0.2, 0) is 13.0 Å². The molecular formula is C31H30FN7O2. The Labute approximate surface area is 236 Å². The van der Waals surface area contributed by atoms with Crippen molar-refractivity contribution in [3.63, 3.8) is 0 Å². The predicted octanol–water partition coefficient (Wildman–Crippen LogP) is 4.98. The molecule has 5 aromatic rings. The van der Waals surface area contributed by atoms with Crippen LogP contribution in [0.25, 0.3) is 32.9 Å². The van der Waals surface area contributed by atoms with Crippen LogP contribution in [0.5, 0.6) is 11.8 Å². The number of halogens is 1. The molecule has 0 amide bonds. The molecule has 41 heavy (non-hydrogen) atoms. The van der Waals surface area contributed by atoms with Crippen molar-refractivity contribution in [1.82, 2.24) is 30.0 Å². The van der Waals surface area contributed by atoms with E-state index in [0.717, 1.165) is 61.7 Å². The molecular weight excluding hydrogens is 521 g/mol. The van der Waals surface area contributed by atoms with Crippen LogP contribution in [0.3, 0.4) is 0 Å². The normalized spacial score (nSPS) is 18.2. The summed E-state index contributed by atoms with van der Waals surface area (Å²) in [6.07, 6.45) is 8.81. The first-order chi connectivity index (χ1) is 20.1. The van der Waals surface area contributed by atoms with Crippen molar-refractivity contribution in [1.29, 1.82) is 0 Å². The molecule has 6 heterocycles. The molecule has 0 aliphatic carbocycles. The van der Waals surface area contributed by atoms with Gasteiger partial charge in [0.2, 0.25) is 0 Å². The lowest BCUT2D eigenvalue weighted by atomic mass is 9.95. The molecule has 3 aromatic heterocycles. The highest BCUT2D eigenvalue weighted by atomic mass is 19.1. The molecule has 0 atom stereocenters. The Hall–Kier alpha value is -4.31. The summed E-state index contributed by atoms with van der Waals surface area (Å²) >= 11 is 0. The van der Waals surface area contributed by atoms with E-state index in [9.17, 15) is 5.11 Å². The fourth-order valence-electron chi connectivity index (χ4n) is 7.06. The number of H-pyrrole nitrogens is 1. The van der Waals surface area contributed by atoms with Crippen molar-refractivity contribution in [3.05, 3.63) is 65.9 Å². The van der Waals surface area contributed by atoms with Crippen LogP contribution in [0.1, 0.15) is 36.9 Å². The molecule has 0 radical (unpaired) electrons. The molecule has 0 bridgehead atoms. The number of rotatable bonds is 5. The van der Waals surface area contributed by atoms with Crippen molar-refractivity contribution < 1.29 is 14.2 Å². The SMILES string of the molecule is Oc1cc(-c2ncc3c(N4CCc5cn[nH]c5C4)nc(OCC45CCCN4CCC5)nc3c2F)c2ccccc2c1. The van der Waals surface area contributed by atoms with E-state index in [1.165, 1.54) is 5.56 Å². The largest absolute Gasteiger partial charge is 0.508 e. The first-order valence-electron chi connectivity index (χ1n) is 14.3. The Morgan fingerprint density at radius 3 is 2.76 bits per heavy atom. The zero-order chi connectivity index (χ0) is 27.6. The number of phenolic OH excluding ortho intramolecular Hbond substituents is 1. The predicted molar refractivity (Wildman–Crippen MR) is 154 cm³/mol. The van der Waals surface area contributed by atoms with E-state index in [0.29, 0.717) is 36.5 Å². The molecule has 0 spiro atoms. The topological polar surface area (TPSA) is 103 Å². The van der Waals surface area contributed by atoms with Crippen molar-refractivity contribution in [3.8, 4) is 23.0 Å². The molecule has 0 saturated carbocycles. The summed E-state index contributed by atoms with van der Waals surface area (Å²) in [5, 5.41) is 19.8. The Bertz CT molecular complexity index is 1790. The summed E-state index contributed by atoms with van der Waals surface area (Å²) in [5.41, 5.74) is 3.01. The number of aromatic nitrogens is 5. The number of anilines is 1. The lowest BCUT2D eigenvalue weighted by Crippen LogP contribution is -2.43. The van der Waals surface area contributed by atoms with E-state index >= 15 is 4.39 Å². The van der Waals surface area contributed by atoms with Gasteiger partial charge in [-0.05, 0) is 73.7 Å². The monoisotopic (exact) mass is 551 g/mol. The number of ether oxygens (including phenoxy) is 1. The minimum absolute atomic E-state index is 0.0108. The number of hydrogen-bond donors (Lipinski definition) is 2. The average molecular weight is 552 g/mol. The molecule has 2 saturated heterocycles. The minimum atomic E-state index is -0.562. The molecule has 3 aliphatic heterocycles. The molecule has 0 unspecified atom stereocenters. The second-order valence-electron chi connectivity index (χ2n) is 11.5. The third-order valence-electron chi connectivity index (χ3n) is 9.13. The van der Waals surface area contributed by atoms with Crippen LogP contribution < -0.4 is 9.64 Å². The second-order valence-corrected chi connectivity index (χ2v) is 11.5. The molecule has 9 nitrogen and oxygen atoms in total. The summed E-state index contributed by atoms with van der Waals surface area (Å²) < 4.78 is 22.9. The summed E-state index contributed by atoms with van der Waals surface area (Å²) in [4.78, 5) is 18.7. The highest BCUT2D eigenvalue weighted by molar-refractivity contribution is 5.99. The van der Waals surface area contributed by atoms with E-state index in [1.54, 1.807) is 18.3 Å². The molecule has 2 N–H and O–H groups in total.